The van der Waals surface area contributed by atoms with Crippen LogP contribution < -0.4 is 5.19 Å². The summed E-state index contributed by atoms with van der Waals surface area (Å²) in [5.41, 5.74) is 0. The van der Waals surface area contributed by atoms with Crippen LogP contribution in [0.5, 0.6) is 0 Å². The van der Waals surface area contributed by atoms with Gasteiger partial charge < -0.3 is 13.0 Å². The van der Waals surface area contributed by atoms with Crippen LogP contribution >= 0.6 is 0 Å². The summed E-state index contributed by atoms with van der Waals surface area (Å²) < 4.78 is 17.0. The van der Waals surface area contributed by atoms with Crippen molar-refractivity contribution in [1.29, 1.82) is 0 Å². The van der Waals surface area contributed by atoms with Gasteiger partial charge in [-0.15, -0.1) is 0 Å². The first-order valence-corrected chi connectivity index (χ1v) is 9.49. The van der Waals surface area contributed by atoms with Crippen LogP contribution in [0, 0.1) is 0 Å². The molecule has 0 saturated heterocycles. The first-order chi connectivity index (χ1) is 7.14. The standard InChI is InChI=1S/C10H18O3Si2.2CH4/c1-11-15(12-2,13-14(3)4)10-8-6-5-7-9-10;;/h5-9,14H,1-4H3;2*1H4. The summed E-state index contributed by atoms with van der Waals surface area (Å²) in [6.07, 6.45) is 0. The monoisotopic (exact) mass is 274 g/mol. The van der Waals surface area contributed by atoms with Crippen molar-refractivity contribution in [3.05, 3.63) is 30.3 Å². The topological polar surface area (TPSA) is 27.7 Å². The van der Waals surface area contributed by atoms with Gasteiger partial charge in [0.2, 0.25) is 0 Å². The maximum atomic E-state index is 5.96. The van der Waals surface area contributed by atoms with Gasteiger partial charge in [0, 0.05) is 19.4 Å². The van der Waals surface area contributed by atoms with E-state index in [0.29, 0.717) is 0 Å². The summed E-state index contributed by atoms with van der Waals surface area (Å²) in [6.45, 7) is 4.23. The third kappa shape index (κ3) is 4.73. The van der Waals surface area contributed by atoms with Gasteiger partial charge in [-0.05, 0) is 13.1 Å². The smallest absolute Gasteiger partial charge is 0.415 e. The van der Waals surface area contributed by atoms with Crippen molar-refractivity contribution in [1.82, 2.24) is 0 Å². The molecule has 17 heavy (non-hydrogen) atoms. The SMILES string of the molecule is C.C.CO[Si](OC)(O[SiH](C)C)c1ccccc1. The van der Waals surface area contributed by atoms with Crippen LogP contribution in [0.4, 0.5) is 0 Å². The van der Waals surface area contributed by atoms with Gasteiger partial charge in [0.1, 0.15) is 0 Å². The lowest BCUT2D eigenvalue weighted by molar-refractivity contribution is 0.179. The van der Waals surface area contributed by atoms with Gasteiger partial charge in [0.05, 0.1) is 0 Å². The molecule has 1 aromatic rings. The average Bonchev–Trinajstić information content (AvgIpc) is 2.27. The molecule has 5 heteroatoms. The van der Waals surface area contributed by atoms with E-state index in [1.54, 1.807) is 14.2 Å². The maximum absolute atomic E-state index is 5.96. The van der Waals surface area contributed by atoms with Crippen molar-refractivity contribution in [2.24, 2.45) is 0 Å². The third-order valence-corrected chi connectivity index (χ3v) is 7.30. The molecule has 0 bridgehead atoms. The maximum Gasteiger partial charge on any atom is 0.525 e. The lowest BCUT2D eigenvalue weighted by atomic mass is 10.4. The Morgan fingerprint density at radius 2 is 1.41 bits per heavy atom. The van der Waals surface area contributed by atoms with Gasteiger partial charge in [-0.3, -0.25) is 0 Å². The van der Waals surface area contributed by atoms with E-state index in [2.05, 4.69) is 13.1 Å². The van der Waals surface area contributed by atoms with Crippen molar-refractivity contribution in [2.75, 3.05) is 14.2 Å². The first-order valence-electron chi connectivity index (χ1n) is 4.98. The third-order valence-electron chi connectivity index (χ3n) is 2.06. The number of benzene rings is 1. The molecule has 0 N–H and O–H groups in total. The highest BCUT2D eigenvalue weighted by Gasteiger charge is 2.42. The largest absolute Gasteiger partial charge is 0.525 e. The quantitative estimate of drug-likeness (QED) is 0.772. The lowest BCUT2D eigenvalue weighted by Crippen LogP contribution is -2.57. The minimum Gasteiger partial charge on any atom is -0.415 e. The molecule has 0 atom stereocenters. The molecule has 0 aromatic heterocycles. The molecule has 0 aliphatic rings. The minimum atomic E-state index is -2.62. The summed E-state index contributed by atoms with van der Waals surface area (Å²) in [6, 6.07) is 9.91. The van der Waals surface area contributed by atoms with Crippen LogP contribution in [0.1, 0.15) is 14.9 Å². The molecule has 1 rings (SSSR count). The highest BCUT2D eigenvalue weighted by Crippen LogP contribution is 2.09. The van der Waals surface area contributed by atoms with E-state index >= 15 is 0 Å². The Morgan fingerprint density at radius 3 is 1.76 bits per heavy atom. The van der Waals surface area contributed by atoms with Crippen molar-refractivity contribution in [3.63, 3.8) is 0 Å². The Morgan fingerprint density at radius 1 is 0.941 bits per heavy atom. The summed E-state index contributed by atoms with van der Waals surface area (Å²) >= 11 is 0. The van der Waals surface area contributed by atoms with E-state index in [9.17, 15) is 0 Å². The molecule has 0 saturated carbocycles. The van der Waals surface area contributed by atoms with Crippen LogP contribution in [0.3, 0.4) is 0 Å². The van der Waals surface area contributed by atoms with Crippen LogP contribution in [-0.2, 0) is 13.0 Å². The molecule has 3 nitrogen and oxygen atoms in total. The van der Waals surface area contributed by atoms with Crippen LogP contribution in [0.2, 0.25) is 13.1 Å². The lowest BCUT2D eigenvalue weighted by Gasteiger charge is -2.28. The molecule has 0 heterocycles. The number of hydrogen-bond acceptors (Lipinski definition) is 3. The normalized spacial score (nSPS) is 10.6. The van der Waals surface area contributed by atoms with E-state index in [0.717, 1.165) is 5.19 Å². The molecule has 0 aliphatic carbocycles. The van der Waals surface area contributed by atoms with Crippen LogP contribution in [0.25, 0.3) is 0 Å². The summed E-state index contributed by atoms with van der Waals surface area (Å²) in [4.78, 5) is 0. The fourth-order valence-electron chi connectivity index (χ4n) is 1.44. The van der Waals surface area contributed by atoms with E-state index < -0.39 is 17.8 Å². The van der Waals surface area contributed by atoms with Gasteiger partial charge >= 0.3 is 8.80 Å². The van der Waals surface area contributed by atoms with Crippen LogP contribution in [-0.4, -0.2) is 32.1 Å². The van der Waals surface area contributed by atoms with Gasteiger partial charge in [-0.1, -0.05) is 45.2 Å². The Bertz CT molecular complexity index is 287. The zero-order valence-electron chi connectivity index (χ0n) is 9.69. The molecule has 0 aliphatic heterocycles. The zero-order valence-corrected chi connectivity index (χ0v) is 11.8. The zero-order chi connectivity index (χ0) is 11.3. The molecule has 0 amide bonds. The summed E-state index contributed by atoms with van der Waals surface area (Å²) in [7, 11) is -0.505. The Labute approximate surface area is 109 Å². The molecule has 1 aromatic carbocycles. The molecule has 0 fully saturated rings. The highest BCUT2D eigenvalue weighted by molar-refractivity contribution is 6.80. The molecule has 100 valence electrons. The predicted molar refractivity (Wildman–Crippen MR) is 79.3 cm³/mol. The molecule has 0 unspecified atom stereocenters. The van der Waals surface area contributed by atoms with Crippen LogP contribution in [0.15, 0.2) is 30.3 Å². The second kappa shape index (κ2) is 8.60. The average molecular weight is 275 g/mol. The van der Waals surface area contributed by atoms with E-state index in [4.69, 9.17) is 13.0 Å². The van der Waals surface area contributed by atoms with Crippen molar-refractivity contribution in [2.45, 2.75) is 27.9 Å². The first kappa shape index (κ1) is 18.9. The van der Waals surface area contributed by atoms with Gasteiger partial charge in [0.25, 0.3) is 0 Å². The van der Waals surface area contributed by atoms with Gasteiger partial charge in [-0.25, -0.2) is 0 Å². The highest BCUT2D eigenvalue weighted by atomic mass is 28.4. The van der Waals surface area contributed by atoms with Gasteiger partial charge in [0.15, 0.2) is 9.04 Å². The molecule has 0 radical (unpaired) electrons. The molecule has 0 spiro atoms. The van der Waals surface area contributed by atoms with E-state index in [1.165, 1.54) is 0 Å². The Balaban J connectivity index is 0. The van der Waals surface area contributed by atoms with E-state index in [1.807, 2.05) is 30.3 Å². The summed E-state index contributed by atoms with van der Waals surface area (Å²) in [5, 5.41) is 1.02. The van der Waals surface area contributed by atoms with Crippen molar-refractivity contribution < 1.29 is 13.0 Å². The fourth-order valence-corrected chi connectivity index (χ4v) is 6.47. The van der Waals surface area contributed by atoms with Gasteiger partial charge in [-0.2, -0.15) is 0 Å². The van der Waals surface area contributed by atoms with Crippen molar-refractivity contribution in [3.8, 4) is 0 Å². The predicted octanol–water partition coefficient (Wildman–Crippen LogP) is 2.40. The second-order valence-electron chi connectivity index (χ2n) is 3.50. The van der Waals surface area contributed by atoms with Crippen molar-refractivity contribution >= 4 is 23.0 Å². The molecular weight excluding hydrogens is 248 g/mol. The second-order valence-corrected chi connectivity index (χ2v) is 9.04. The number of rotatable bonds is 5. The Kier molecular flexibility index (Phi) is 9.55. The fraction of sp³-hybridized carbons (Fsp3) is 0.500. The number of hydrogen-bond donors (Lipinski definition) is 0. The minimum absolute atomic E-state index is 0. The molecular formula is C12H26O3Si2. The van der Waals surface area contributed by atoms with E-state index in [-0.39, 0.29) is 14.9 Å². The summed E-state index contributed by atoms with van der Waals surface area (Å²) in [5.74, 6) is 0. The Hall–Kier alpha value is -0.466.